The van der Waals surface area contributed by atoms with Crippen LogP contribution in [-0.4, -0.2) is 67.2 Å². The van der Waals surface area contributed by atoms with Crippen LogP contribution in [0.3, 0.4) is 0 Å². The number of hydrogen-bond acceptors (Lipinski definition) is 5. The van der Waals surface area contributed by atoms with Gasteiger partial charge in [0.2, 0.25) is 15.9 Å². The number of fused-ring (bicyclic) bond motifs is 1. The first-order valence-electron chi connectivity index (χ1n) is 9.07. The van der Waals surface area contributed by atoms with Crippen LogP contribution >= 0.6 is 0 Å². The molecule has 2 aromatic rings. The third-order valence-corrected chi connectivity index (χ3v) is 6.51. The van der Waals surface area contributed by atoms with E-state index in [1.54, 1.807) is 43.2 Å². The number of rotatable bonds is 6. The molecule has 8 nitrogen and oxygen atoms in total. The Labute approximate surface area is 165 Å². The Morgan fingerprint density at radius 3 is 2.57 bits per heavy atom. The molecule has 0 bridgehead atoms. The summed E-state index contributed by atoms with van der Waals surface area (Å²) in [6.07, 6.45) is 1.65. The van der Waals surface area contributed by atoms with Gasteiger partial charge in [-0.1, -0.05) is 6.07 Å². The van der Waals surface area contributed by atoms with Crippen molar-refractivity contribution in [3.63, 3.8) is 0 Å². The van der Waals surface area contributed by atoms with E-state index in [0.717, 1.165) is 16.8 Å². The molecule has 1 amide bonds. The molecular formula is C19H26N4O4S. The molecule has 1 aromatic carbocycles. The average molecular weight is 407 g/mol. The van der Waals surface area contributed by atoms with Gasteiger partial charge < -0.3 is 9.64 Å². The van der Waals surface area contributed by atoms with E-state index in [1.165, 1.54) is 9.21 Å². The topological polar surface area (TPSA) is 84.7 Å². The second-order valence-electron chi connectivity index (χ2n) is 7.35. The summed E-state index contributed by atoms with van der Waals surface area (Å²) in [5.74, 6) is -0.142. The SMILES string of the molecule is Cc1cc(C)cc(S(=O)(=O)N2Cc3ccnn3C(COCC(=O)N(C)C)C2)c1. The Morgan fingerprint density at radius 1 is 1.25 bits per heavy atom. The first-order valence-corrected chi connectivity index (χ1v) is 10.5. The fraction of sp³-hybridized carbons (Fsp3) is 0.474. The predicted molar refractivity (Wildman–Crippen MR) is 104 cm³/mol. The number of ether oxygens (including phenoxy) is 1. The maximum atomic E-state index is 13.2. The zero-order valence-electron chi connectivity index (χ0n) is 16.6. The van der Waals surface area contributed by atoms with Gasteiger partial charge in [-0.2, -0.15) is 9.40 Å². The second-order valence-corrected chi connectivity index (χ2v) is 9.28. The molecule has 0 aliphatic carbocycles. The predicted octanol–water partition coefficient (Wildman–Crippen LogP) is 1.35. The Balaban J connectivity index is 1.81. The van der Waals surface area contributed by atoms with E-state index in [0.29, 0.717) is 4.90 Å². The number of aryl methyl sites for hydroxylation is 2. The molecule has 1 atom stereocenters. The second kappa shape index (κ2) is 8.02. The van der Waals surface area contributed by atoms with Crippen molar-refractivity contribution in [3.05, 3.63) is 47.3 Å². The van der Waals surface area contributed by atoms with Gasteiger partial charge in [0.15, 0.2) is 0 Å². The number of likely N-dealkylation sites (N-methyl/N-ethyl adjacent to an activating group) is 1. The summed E-state index contributed by atoms with van der Waals surface area (Å²) in [6.45, 7) is 4.41. The number of carbonyl (C=O) groups excluding carboxylic acids is 1. The van der Waals surface area contributed by atoms with E-state index < -0.39 is 10.0 Å². The van der Waals surface area contributed by atoms with Crippen molar-refractivity contribution >= 4 is 15.9 Å². The lowest BCUT2D eigenvalue weighted by Gasteiger charge is -2.33. The Bertz CT molecular complexity index is 948. The first kappa shape index (κ1) is 20.5. The van der Waals surface area contributed by atoms with E-state index in [4.69, 9.17) is 4.74 Å². The van der Waals surface area contributed by atoms with Crippen LogP contribution in [0.4, 0.5) is 0 Å². The third-order valence-electron chi connectivity index (χ3n) is 4.72. The molecule has 0 spiro atoms. The lowest BCUT2D eigenvalue weighted by atomic mass is 10.2. The largest absolute Gasteiger partial charge is 0.369 e. The molecule has 1 aliphatic heterocycles. The molecule has 0 N–H and O–H groups in total. The van der Waals surface area contributed by atoms with Gasteiger partial charge in [0.25, 0.3) is 0 Å². The fourth-order valence-corrected chi connectivity index (χ4v) is 4.94. The van der Waals surface area contributed by atoms with Crippen LogP contribution in [0.25, 0.3) is 0 Å². The van der Waals surface area contributed by atoms with Crippen molar-refractivity contribution in [3.8, 4) is 0 Å². The highest BCUT2D eigenvalue weighted by atomic mass is 32.2. The molecular weight excluding hydrogens is 380 g/mol. The molecule has 1 unspecified atom stereocenters. The van der Waals surface area contributed by atoms with Gasteiger partial charge in [0.05, 0.1) is 29.8 Å². The van der Waals surface area contributed by atoms with Crippen LogP contribution in [0.15, 0.2) is 35.4 Å². The van der Waals surface area contributed by atoms with Gasteiger partial charge in [-0.25, -0.2) is 8.42 Å². The molecule has 3 rings (SSSR count). The number of benzene rings is 1. The zero-order chi connectivity index (χ0) is 20.5. The van der Waals surface area contributed by atoms with Crippen LogP contribution in [0.2, 0.25) is 0 Å². The summed E-state index contributed by atoms with van der Waals surface area (Å²) in [5.41, 5.74) is 2.61. The molecule has 2 heterocycles. The van der Waals surface area contributed by atoms with Gasteiger partial charge in [-0.05, 0) is 43.2 Å². The molecule has 1 aliphatic rings. The average Bonchev–Trinajstić information content (AvgIpc) is 3.09. The van der Waals surface area contributed by atoms with Gasteiger partial charge in [0, 0.05) is 26.8 Å². The number of sulfonamides is 1. The maximum Gasteiger partial charge on any atom is 0.248 e. The lowest BCUT2D eigenvalue weighted by Crippen LogP contribution is -2.43. The number of hydrogen-bond donors (Lipinski definition) is 0. The summed E-state index contributed by atoms with van der Waals surface area (Å²) >= 11 is 0. The molecule has 0 saturated carbocycles. The fourth-order valence-electron chi connectivity index (χ4n) is 3.30. The Morgan fingerprint density at radius 2 is 1.93 bits per heavy atom. The van der Waals surface area contributed by atoms with Crippen molar-refractivity contribution in [2.24, 2.45) is 0 Å². The van der Waals surface area contributed by atoms with Crippen molar-refractivity contribution < 1.29 is 17.9 Å². The van der Waals surface area contributed by atoms with E-state index in [-0.39, 0.29) is 38.3 Å². The lowest BCUT2D eigenvalue weighted by molar-refractivity contribution is -0.134. The van der Waals surface area contributed by atoms with Crippen LogP contribution in [0.1, 0.15) is 22.9 Å². The van der Waals surface area contributed by atoms with Gasteiger partial charge >= 0.3 is 0 Å². The molecule has 0 radical (unpaired) electrons. The summed E-state index contributed by atoms with van der Waals surface area (Å²) in [5, 5.41) is 4.31. The van der Waals surface area contributed by atoms with Gasteiger partial charge in [-0.3, -0.25) is 9.48 Å². The number of aromatic nitrogens is 2. The smallest absolute Gasteiger partial charge is 0.248 e. The zero-order valence-corrected chi connectivity index (χ0v) is 17.4. The highest BCUT2D eigenvalue weighted by molar-refractivity contribution is 7.89. The standard InChI is InChI=1S/C19H26N4O4S/c1-14-7-15(2)9-18(8-14)28(25,26)22-10-16-5-6-20-23(16)17(11-22)12-27-13-19(24)21(3)4/h5-9,17H,10-13H2,1-4H3. The van der Waals surface area contributed by atoms with Gasteiger partial charge in [0.1, 0.15) is 6.61 Å². The maximum absolute atomic E-state index is 13.2. The highest BCUT2D eigenvalue weighted by Gasteiger charge is 2.34. The summed E-state index contributed by atoms with van der Waals surface area (Å²) in [6, 6.07) is 6.84. The van der Waals surface area contributed by atoms with E-state index in [2.05, 4.69) is 5.10 Å². The molecule has 152 valence electrons. The Hall–Kier alpha value is -2.23. The Kier molecular flexibility index (Phi) is 5.87. The minimum absolute atomic E-state index is 0.0517. The minimum Gasteiger partial charge on any atom is -0.369 e. The monoisotopic (exact) mass is 406 g/mol. The van der Waals surface area contributed by atoms with Crippen molar-refractivity contribution in [2.75, 3.05) is 33.9 Å². The third kappa shape index (κ3) is 4.26. The van der Waals surface area contributed by atoms with Crippen molar-refractivity contribution in [1.29, 1.82) is 0 Å². The number of nitrogens with zero attached hydrogens (tertiary/aromatic N) is 4. The van der Waals surface area contributed by atoms with E-state index >= 15 is 0 Å². The van der Waals surface area contributed by atoms with E-state index in [9.17, 15) is 13.2 Å². The summed E-state index contributed by atoms with van der Waals surface area (Å²) < 4.78 is 35.3. The first-order chi connectivity index (χ1) is 13.2. The molecule has 9 heteroatoms. The molecule has 1 aromatic heterocycles. The summed E-state index contributed by atoms with van der Waals surface area (Å²) in [4.78, 5) is 13.5. The van der Waals surface area contributed by atoms with Crippen molar-refractivity contribution in [1.82, 2.24) is 19.0 Å². The summed E-state index contributed by atoms with van der Waals surface area (Å²) in [7, 11) is -0.328. The highest BCUT2D eigenvalue weighted by Crippen LogP contribution is 2.27. The quantitative estimate of drug-likeness (QED) is 0.723. The number of amides is 1. The van der Waals surface area contributed by atoms with Crippen LogP contribution in [-0.2, 0) is 26.1 Å². The van der Waals surface area contributed by atoms with Gasteiger partial charge in [-0.15, -0.1) is 0 Å². The van der Waals surface area contributed by atoms with E-state index in [1.807, 2.05) is 19.9 Å². The molecule has 28 heavy (non-hydrogen) atoms. The minimum atomic E-state index is -3.65. The number of carbonyl (C=O) groups is 1. The molecule has 0 saturated heterocycles. The van der Waals surface area contributed by atoms with Crippen LogP contribution in [0, 0.1) is 13.8 Å². The molecule has 0 fully saturated rings. The van der Waals surface area contributed by atoms with Crippen LogP contribution in [0.5, 0.6) is 0 Å². The normalized spacial score (nSPS) is 17.4. The van der Waals surface area contributed by atoms with Crippen molar-refractivity contribution in [2.45, 2.75) is 31.3 Å². The van der Waals surface area contributed by atoms with Crippen LogP contribution < -0.4 is 0 Å².